The molecule has 8 heteroatoms. The van der Waals surface area contributed by atoms with Crippen molar-refractivity contribution >= 4 is 23.0 Å². The molecule has 3 N–H and O–H groups in total. The molecule has 0 radical (unpaired) electrons. The predicted octanol–water partition coefficient (Wildman–Crippen LogP) is 2.69. The molecule has 3 rings (SSSR count). The Balaban J connectivity index is 1.88. The fourth-order valence-corrected chi connectivity index (χ4v) is 3.64. The Hall–Kier alpha value is -3.13. The van der Waals surface area contributed by atoms with Crippen molar-refractivity contribution in [3.8, 4) is 17.2 Å². The highest BCUT2D eigenvalue weighted by Crippen LogP contribution is 2.38. The average molecular weight is 415 g/mol. The lowest BCUT2D eigenvalue weighted by Gasteiger charge is -2.36. The van der Waals surface area contributed by atoms with Crippen molar-refractivity contribution in [3.05, 3.63) is 35.9 Å². The van der Waals surface area contributed by atoms with Gasteiger partial charge in [0.2, 0.25) is 5.75 Å². The Morgan fingerprint density at radius 2 is 1.63 bits per heavy atom. The van der Waals surface area contributed by atoms with E-state index in [0.29, 0.717) is 34.2 Å². The number of anilines is 3. The number of piperazine rings is 1. The lowest BCUT2D eigenvalue weighted by molar-refractivity contribution is 0.102. The Kier molecular flexibility index (Phi) is 6.89. The van der Waals surface area contributed by atoms with Crippen LogP contribution in [0.25, 0.3) is 0 Å². The summed E-state index contributed by atoms with van der Waals surface area (Å²) in [4.78, 5) is 17.7. The van der Waals surface area contributed by atoms with E-state index in [1.54, 1.807) is 18.2 Å². The molecule has 0 aliphatic carbocycles. The first-order valence-corrected chi connectivity index (χ1v) is 9.98. The standard InChI is InChI=1S/C22H30N4O4/c1-5-25-8-10-26(11-9-25)18-7-6-16(23)14-17(18)24-22(27)15-12-19(28-2)21(30-4)20(13-15)29-3/h6-7,12-14H,5,8-11,23H2,1-4H3,(H,24,27). The van der Waals surface area contributed by atoms with Crippen LogP contribution in [0.3, 0.4) is 0 Å². The highest BCUT2D eigenvalue weighted by molar-refractivity contribution is 6.07. The van der Waals surface area contributed by atoms with Crippen LogP contribution in [0.4, 0.5) is 17.1 Å². The molecule has 1 heterocycles. The van der Waals surface area contributed by atoms with Crippen molar-refractivity contribution in [1.82, 2.24) is 4.90 Å². The van der Waals surface area contributed by atoms with Crippen LogP contribution in [0.2, 0.25) is 0 Å². The molecule has 1 amide bonds. The minimum Gasteiger partial charge on any atom is -0.493 e. The van der Waals surface area contributed by atoms with Gasteiger partial charge >= 0.3 is 0 Å². The summed E-state index contributed by atoms with van der Waals surface area (Å²) < 4.78 is 16.1. The maximum atomic E-state index is 13.1. The molecule has 0 atom stereocenters. The lowest BCUT2D eigenvalue weighted by atomic mass is 10.1. The number of likely N-dealkylation sites (N-methyl/N-ethyl adjacent to an activating group) is 1. The first-order valence-electron chi connectivity index (χ1n) is 9.98. The van der Waals surface area contributed by atoms with Gasteiger partial charge in [-0.3, -0.25) is 4.79 Å². The smallest absolute Gasteiger partial charge is 0.255 e. The van der Waals surface area contributed by atoms with Gasteiger partial charge < -0.3 is 35.1 Å². The fraction of sp³-hybridized carbons (Fsp3) is 0.409. The Morgan fingerprint density at radius 1 is 1.00 bits per heavy atom. The lowest BCUT2D eigenvalue weighted by Crippen LogP contribution is -2.46. The van der Waals surface area contributed by atoms with E-state index in [9.17, 15) is 4.79 Å². The molecular formula is C22H30N4O4. The normalized spacial score (nSPS) is 14.3. The quantitative estimate of drug-likeness (QED) is 0.674. The third-order valence-corrected chi connectivity index (χ3v) is 5.36. The minimum atomic E-state index is -0.284. The number of benzene rings is 2. The summed E-state index contributed by atoms with van der Waals surface area (Å²) in [7, 11) is 4.56. The summed E-state index contributed by atoms with van der Waals surface area (Å²) in [5, 5.41) is 3.00. The monoisotopic (exact) mass is 414 g/mol. The average Bonchev–Trinajstić information content (AvgIpc) is 2.78. The van der Waals surface area contributed by atoms with Crippen LogP contribution >= 0.6 is 0 Å². The SMILES string of the molecule is CCN1CCN(c2ccc(N)cc2NC(=O)c2cc(OC)c(OC)c(OC)c2)CC1. The van der Waals surface area contributed by atoms with Crippen molar-refractivity contribution in [2.75, 3.05) is 70.0 Å². The number of nitrogens with one attached hydrogen (secondary N) is 1. The molecule has 0 aromatic heterocycles. The van der Waals surface area contributed by atoms with Crippen LogP contribution in [0.15, 0.2) is 30.3 Å². The zero-order chi connectivity index (χ0) is 21.7. The van der Waals surface area contributed by atoms with Crippen molar-refractivity contribution < 1.29 is 19.0 Å². The fourth-order valence-electron chi connectivity index (χ4n) is 3.64. The van der Waals surface area contributed by atoms with Crippen LogP contribution in [0.5, 0.6) is 17.2 Å². The number of nitrogens with two attached hydrogens (primary N) is 1. The Bertz CT molecular complexity index is 870. The van der Waals surface area contributed by atoms with Crippen LogP contribution in [0.1, 0.15) is 17.3 Å². The first kappa shape index (κ1) is 21.6. The predicted molar refractivity (Wildman–Crippen MR) is 119 cm³/mol. The number of nitrogen functional groups attached to an aromatic ring is 1. The van der Waals surface area contributed by atoms with Gasteiger partial charge in [-0.25, -0.2) is 0 Å². The van der Waals surface area contributed by atoms with Crippen LogP contribution in [-0.2, 0) is 0 Å². The summed E-state index contributed by atoms with van der Waals surface area (Å²) >= 11 is 0. The molecule has 0 spiro atoms. The number of amides is 1. The summed E-state index contributed by atoms with van der Waals surface area (Å²) in [6, 6.07) is 8.86. The van der Waals surface area contributed by atoms with Crippen molar-refractivity contribution in [2.24, 2.45) is 0 Å². The van der Waals surface area contributed by atoms with Gasteiger partial charge in [0.05, 0.1) is 32.7 Å². The van der Waals surface area contributed by atoms with E-state index in [4.69, 9.17) is 19.9 Å². The molecule has 0 bridgehead atoms. The van der Waals surface area contributed by atoms with Gasteiger partial charge in [0.25, 0.3) is 5.91 Å². The zero-order valence-electron chi connectivity index (χ0n) is 18.0. The second-order valence-electron chi connectivity index (χ2n) is 7.07. The molecule has 30 heavy (non-hydrogen) atoms. The number of carbonyl (C=O) groups is 1. The maximum absolute atomic E-state index is 13.1. The van der Waals surface area contributed by atoms with E-state index in [-0.39, 0.29) is 5.91 Å². The molecule has 1 fully saturated rings. The number of hydrogen-bond donors (Lipinski definition) is 2. The maximum Gasteiger partial charge on any atom is 0.255 e. The Morgan fingerprint density at radius 3 is 2.17 bits per heavy atom. The Labute approximate surface area is 177 Å². The third-order valence-electron chi connectivity index (χ3n) is 5.36. The summed E-state index contributed by atoms with van der Waals surface area (Å²) in [6.45, 7) is 6.97. The van der Waals surface area contributed by atoms with Gasteiger partial charge in [0.1, 0.15) is 0 Å². The van der Waals surface area contributed by atoms with E-state index < -0.39 is 0 Å². The topological polar surface area (TPSA) is 89.3 Å². The molecule has 2 aromatic carbocycles. The molecule has 8 nitrogen and oxygen atoms in total. The van der Waals surface area contributed by atoms with Crippen LogP contribution in [-0.4, -0.2) is 64.9 Å². The number of rotatable bonds is 7. The molecular weight excluding hydrogens is 384 g/mol. The largest absolute Gasteiger partial charge is 0.493 e. The minimum absolute atomic E-state index is 0.284. The van der Waals surface area contributed by atoms with Gasteiger partial charge in [-0.2, -0.15) is 0 Å². The third kappa shape index (κ3) is 4.54. The number of carbonyl (C=O) groups excluding carboxylic acids is 1. The second kappa shape index (κ2) is 9.58. The number of nitrogens with zero attached hydrogens (tertiary/aromatic N) is 2. The molecule has 0 unspecified atom stereocenters. The number of methoxy groups -OCH3 is 3. The molecule has 1 aliphatic heterocycles. The summed E-state index contributed by atoms with van der Waals surface area (Å²) in [6.07, 6.45) is 0. The molecule has 162 valence electrons. The number of hydrogen-bond acceptors (Lipinski definition) is 7. The highest BCUT2D eigenvalue weighted by atomic mass is 16.5. The second-order valence-corrected chi connectivity index (χ2v) is 7.07. The van der Waals surface area contributed by atoms with Crippen molar-refractivity contribution in [2.45, 2.75) is 6.92 Å². The van der Waals surface area contributed by atoms with Crippen molar-refractivity contribution in [3.63, 3.8) is 0 Å². The van der Waals surface area contributed by atoms with E-state index in [2.05, 4.69) is 22.0 Å². The van der Waals surface area contributed by atoms with Gasteiger partial charge in [-0.05, 0) is 36.9 Å². The van der Waals surface area contributed by atoms with E-state index in [0.717, 1.165) is 38.4 Å². The van der Waals surface area contributed by atoms with E-state index in [1.807, 2.05) is 12.1 Å². The summed E-state index contributed by atoms with van der Waals surface area (Å²) in [5.74, 6) is 0.999. The van der Waals surface area contributed by atoms with Gasteiger partial charge in [0.15, 0.2) is 11.5 Å². The van der Waals surface area contributed by atoms with E-state index >= 15 is 0 Å². The first-order chi connectivity index (χ1) is 14.5. The highest BCUT2D eigenvalue weighted by Gasteiger charge is 2.21. The van der Waals surface area contributed by atoms with Gasteiger partial charge in [-0.1, -0.05) is 6.92 Å². The van der Waals surface area contributed by atoms with E-state index in [1.165, 1.54) is 21.3 Å². The molecule has 1 aliphatic rings. The zero-order valence-corrected chi connectivity index (χ0v) is 18.0. The van der Waals surface area contributed by atoms with Gasteiger partial charge in [-0.15, -0.1) is 0 Å². The molecule has 1 saturated heterocycles. The molecule has 0 saturated carbocycles. The van der Waals surface area contributed by atoms with Crippen LogP contribution in [0, 0.1) is 0 Å². The van der Waals surface area contributed by atoms with Crippen molar-refractivity contribution in [1.29, 1.82) is 0 Å². The van der Waals surface area contributed by atoms with Crippen LogP contribution < -0.4 is 30.2 Å². The summed E-state index contributed by atoms with van der Waals surface area (Å²) in [5.41, 5.74) is 8.63. The number of ether oxygens (including phenoxy) is 3. The van der Waals surface area contributed by atoms with Gasteiger partial charge in [0, 0.05) is 37.4 Å². The molecule has 2 aromatic rings.